The molecule has 0 saturated heterocycles. The third-order valence-corrected chi connectivity index (χ3v) is 2.97. The molecule has 3 N–H and O–H groups in total. The van der Waals surface area contributed by atoms with Crippen LogP contribution in [0, 0.1) is 18.3 Å². The van der Waals surface area contributed by atoms with Gasteiger partial charge in [0.25, 0.3) is 0 Å². The number of carboxylic acid groups (broad SMARTS) is 1. The van der Waals surface area contributed by atoms with Gasteiger partial charge in [0.15, 0.2) is 0 Å². The lowest BCUT2D eigenvalue weighted by Crippen LogP contribution is -2.29. The van der Waals surface area contributed by atoms with Crippen molar-refractivity contribution in [2.45, 2.75) is 32.6 Å². The van der Waals surface area contributed by atoms with Crippen LogP contribution in [0.25, 0.3) is 0 Å². The summed E-state index contributed by atoms with van der Waals surface area (Å²) in [4.78, 5) is 22.0. The largest absolute Gasteiger partial charge is 0.481 e. The van der Waals surface area contributed by atoms with Gasteiger partial charge in [-0.1, -0.05) is 12.5 Å². The third-order valence-electron chi connectivity index (χ3n) is 2.97. The van der Waals surface area contributed by atoms with Crippen LogP contribution in [0.15, 0.2) is 18.2 Å². The number of benzene rings is 1. The highest BCUT2D eigenvalue weighted by molar-refractivity contribution is 5.90. The summed E-state index contributed by atoms with van der Waals surface area (Å²) >= 11 is 0. The van der Waals surface area contributed by atoms with Crippen LogP contribution < -0.4 is 10.6 Å². The number of nitrogens with zero attached hydrogens (tertiary/aromatic N) is 1. The monoisotopic (exact) mass is 289 g/mol. The van der Waals surface area contributed by atoms with Crippen molar-refractivity contribution < 1.29 is 14.7 Å². The minimum atomic E-state index is -0.798. The molecule has 2 amide bonds. The fraction of sp³-hybridized carbons (Fsp3) is 0.400. The average molecular weight is 289 g/mol. The Morgan fingerprint density at radius 1 is 1.29 bits per heavy atom. The molecule has 0 bridgehead atoms. The van der Waals surface area contributed by atoms with Gasteiger partial charge in [0.2, 0.25) is 0 Å². The molecule has 21 heavy (non-hydrogen) atoms. The number of urea groups is 1. The normalized spacial score (nSPS) is 9.71. The lowest BCUT2D eigenvalue weighted by Gasteiger charge is -2.10. The fourth-order valence-electron chi connectivity index (χ4n) is 1.77. The van der Waals surface area contributed by atoms with Crippen molar-refractivity contribution >= 4 is 17.7 Å². The van der Waals surface area contributed by atoms with Gasteiger partial charge in [0.1, 0.15) is 0 Å². The summed E-state index contributed by atoms with van der Waals surface area (Å²) in [6, 6.07) is 6.80. The van der Waals surface area contributed by atoms with Crippen LogP contribution in [0.5, 0.6) is 0 Å². The molecule has 1 aromatic rings. The van der Waals surface area contributed by atoms with E-state index >= 15 is 0 Å². The van der Waals surface area contributed by atoms with E-state index in [2.05, 4.69) is 10.6 Å². The van der Waals surface area contributed by atoms with E-state index in [1.807, 2.05) is 13.0 Å². The molecule has 6 heteroatoms. The van der Waals surface area contributed by atoms with E-state index < -0.39 is 5.97 Å². The zero-order valence-electron chi connectivity index (χ0n) is 12.0. The van der Waals surface area contributed by atoms with Crippen LogP contribution in [0.2, 0.25) is 0 Å². The highest BCUT2D eigenvalue weighted by Crippen LogP contribution is 2.16. The molecule has 0 radical (unpaired) electrons. The van der Waals surface area contributed by atoms with Gasteiger partial charge >= 0.3 is 12.0 Å². The number of carbonyl (C=O) groups excluding carboxylic acids is 1. The Morgan fingerprint density at radius 2 is 2.05 bits per heavy atom. The number of rotatable bonds is 7. The number of hydrogen-bond donors (Lipinski definition) is 3. The highest BCUT2D eigenvalue weighted by atomic mass is 16.4. The van der Waals surface area contributed by atoms with Crippen molar-refractivity contribution in [2.24, 2.45) is 0 Å². The number of carboxylic acids is 1. The number of aliphatic carboxylic acids is 1. The smallest absolute Gasteiger partial charge is 0.319 e. The predicted molar refractivity (Wildman–Crippen MR) is 79.0 cm³/mol. The van der Waals surface area contributed by atoms with E-state index in [-0.39, 0.29) is 12.5 Å². The summed E-state index contributed by atoms with van der Waals surface area (Å²) in [5.41, 5.74) is 1.98. The molecule has 1 rings (SSSR count). The second-order valence-electron chi connectivity index (χ2n) is 4.73. The Balaban J connectivity index is 2.31. The maximum Gasteiger partial charge on any atom is 0.319 e. The first kappa shape index (κ1) is 16.5. The fourth-order valence-corrected chi connectivity index (χ4v) is 1.77. The number of amides is 2. The summed E-state index contributed by atoms with van der Waals surface area (Å²) in [5.74, 6) is -0.798. The lowest BCUT2D eigenvalue weighted by molar-refractivity contribution is -0.137. The number of carbonyl (C=O) groups is 2. The molecule has 0 atom stereocenters. The first-order chi connectivity index (χ1) is 10.0. The zero-order chi connectivity index (χ0) is 15.7. The van der Waals surface area contributed by atoms with Gasteiger partial charge < -0.3 is 15.7 Å². The molecule has 112 valence electrons. The average Bonchev–Trinajstić information content (AvgIpc) is 2.44. The number of unbranched alkanes of at least 4 members (excludes halogenated alkanes) is 2. The maximum atomic E-state index is 11.7. The van der Waals surface area contributed by atoms with E-state index in [0.29, 0.717) is 24.2 Å². The molecule has 0 aliphatic rings. The Bertz CT molecular complexity index is 550. The molecule has 0 aromatic heterocycles. The molecule has 0 saturated carbocycles. The summed E-state index contributed by atoms with van der Waals surface area (Å²) in [7, 11) is 0. The number of aryl methyl sites for hydroxylation is 1. The quantitative estimate of drug-likeness (QED) is 0.671. The van der Waals surface area contributed by atoms with Crippen LogP contribution in [0.1, 0.15) is 36.8 Å². The van der Waals surface area contributed by atoms with Gasteiger partial charge in [-0.3, -0.25) is 4.79 Å². The standard InChI is InChI=1S/C15H19N3O3/c1-11-6-7-12(10-16)9-13(11)18-15(21)17-8-4-2-3-5-14(19)20/h6-7,9H,2-5,8H2,1H3,(H,19,20)(H2,17,18,21). The SMILES string of the molecule is Cc1ccc(C#N)cc1NC(=O)NCCCCCC(=O)O. The van der Waals surface area contributed by atoms with Gasteiger partial charge in [0.05, 0.1) is 11.6 Å². The Morgan fingerprint density at radius 3 is 2.71 bits per heavy atom. The van der Waals surface area contributed by atoms with Crippen molar-refractivity contribution in [3.8, 4) is 6.07 Å². The Labute approximate surface area is 123 Å². The van der Waals surface area contributed by atoms with Gasteiger partial charge in [-0.2, -0.15) is 5.26 Å². The number of anilines is 1. The Hall–Kier alpha value is -2.55. The van der Waals surface area contributed by atoms with Gasteiger partial charge in [-0.15, -0.1) is 0 Å². The second-order valence-corrected chi connectivity index (χ2v) is 4.73. The van der Waals surface area contributed by atoms with E-state index in [0.717, 1.165) is 18.4 Å². The molecular weight excluding hydrogens is 270 g/mol. The second kappa shape index (κ2) is 8.59. The van der Waals surface area contributed by atoms with Crippen molar-refractivity contribution in [1.29, 1.82) is 5.26 Å². The molecule has 0 aliphatic carbocycles. The molecule has 0 unspecified atom stereocenters. The third kappa shape index (κ3) is 6.43. The first-order valence-electron chi connectivity index (χ1n) is 6.80. The van der Waals surface area contributed by atoms with Crippen molar-refractivity contribution in [2.75, 3.05) is 11.9 Å². The van der Waals surface area contributed by atoms with Crippen LogP contribution in [0.4, 0.5) is 10.5 Å². The van der Waals surface area contributed by atoms with Gasteiger partial charge in [0, 0.05) is 18.7 Å². The zero-order valence-corrected chi connectivity index (χ0v) is 12.0. The summed E-state index contributed by atoms with van der Waals surface area (Å²) in [6.07, 6.45) is 2.27. The summed E-state index contributed by atoms with van der Waals surface area (Å²) in [6.45, 7) is 2.34. The maximum absolute atomic E-state index is 11.7. The topological polar surface area (TPSA) is 102 Å². The summed E-state index contributed by atoms with van der Waals surface area (Å²) < 4.78 is 0. The van der Waals surface area contributed by atoms with Crippen LogP contribution in [-0.4, -0.2) is 23.7 Å². The number of nitriles is 1. The predicted octanol–water partition coefficient (Wildman–Crippen LogP) is 2.63. The lowest BCUT2D eigenvalue weighted by atomic mass is 10.1. The van der Waals surface area contributed by atoms with Gasteiger partial charge in [-0.25, -0.2) is 4.79 Å². The van der Waals surface area contributed by atoms with E-state index in [9.17, 15) is 9.59 Å². The molecule has 0 fully saturated rings. The Kier molecular flexibility index (Phi) is 6.75. The molecular formula is C15H19N3O3. The van der Waals surface area contributed by atoms with Crippen molar-refractivity contribution in [3.05, 3.63) is 29.3 Å². The van der Waals surface area contributed by atoms with Crippen LogP contribution in [-0.2, 0) is 4.79 Å². The highest BCUT2D eigenvalue weighted by Gasteiger charge is 2.05. The molecule has 0 spiro atoms. The number of hydrogen-bond acceptors (Lipinski definition) is 3. The van der Waals surface area contributed by atoms with Crippen molar-refractivity contribution in [1.82, 2.24) is 5.32 Å². The molecule has 0 heterocycles. The van der Waals surface area contributed by atoms with Crippen LogP contribution in [0.3, 0.4) is 0 Å². The minimum Gasteiger partial charge on any atom is -0.481 e. The van der Waals surface area contributed by atoms with E-state index in [1.54, 1.807) is 18.2 Å². The summed E-state index contributed by atoms with van der Waals surface area (Å²) in [5, 5.41) is 22.7. The van der Waals surface area contributed by atoms with Crippen LogP contribution >= 0.6 is 0 Å². The van der Waals surface area contributed by atoms with E-state index in [4.69, 9.17) is 10.4 Å². The van der Waals surface area contributed by atoms with E-state index in [1.165, 1.54) is 0 Å². The number of nitrogens with one attached hydrogen (secondary N) is 2. The van der Waals surface area contributed by atoms with Gasteiger partial charge in [-0.05, 0) is 37.5 Å². The molecule has 6 nitrogen and oxygen atoms in total. The first-order valence-corrected chi connectivity index (χ1v) is 6.80. The van der Waals surface area contributed by atoms with Crippen molar-refractivity contribution in [3.63, 3.8) is 0 Å². The molecule has 1 aromatic carbocycles. The minimum absolute atomic E-state index is 0.159. The molecule has 0 aliphatic heterocycles.